The maximum absolute atomic E-state index is 12.7. The Bertz CT molecular complexity index is 932. The minimum atomic E-state index is -4.55. The number of aliphatic hydroxyl groups excluding tert-OH is 1. The molecule has 3 unspecified atom stereocenters. The van der Waals surface area contributed by atoms with Crippen molar-refractivity contribution in [3.05, 3.63) is 0 Å². The fourth-order valence-electron chi connectivity index (χ4n) is 7.98. The summed E-state index contributed by atoms with van der Waals surface area (Å²) in [7, 11) is 1.31. The van der Waals surface area contributed by atoms with E-state index in [1.807, 2.05) is 21.1 Å². The molecular formula is C50H103N2O6P. The molecule has 9 heteroatoms. The normalized spacial score (nSPS) is 14.1. The summed E-state index contributed by atoms with van der Waals surface area (Å²) in [5.74, 6) is -0.174. The molecule has 0 bridgehead atoms. The van der Waals surface area contributed by atoms with Gasteiger partial charge in [-0.05, 0) is 12.8 Å². The number of phosphoric acid groups is 1. The van der Waals surface area contributed by atoms with Crippen molar-refractivity contribution in [2.75, 3.05) is 40.9 Å². The molecule has 0 aromatic rings. The van der Waals surface area contributed by atoms with Crippen molar-refractivity contribution in [1.82, 2.24) is 5.32 Å². The van der Waals surface area contributed by atoms with Crippen LogP contribution in [0.15, 0.2) is 0 Å². The van der Waals surface area contributed by atoms with E-state index < -0.39 is 20.0 Å². The van der Waals surface area contributed by atoms with Crippen LogP contribution in [0.4, 0.5) is 0 Å². The minimum Gasteiger partial charge on any atom is -0.756 e. The number of likely N-dealkylation sites (N-methyl/N-ethyl adjacent to an activating group) is 1. The Morgan fingerprint density at radius 2 is 0.831 bits per heavy atom. The Morgan fingerprint density at radius 3 is 1.15 bits per heavy atom. The van der Waals surface area contributed by atoms with Crippen LogP contribution in [0.2, 0.25) is 0 Å². The molecule has 0 heterocycles. The highest BCUT2D eigenvalue weighted by atomic mass is 31.2. The van der Waals surface area contributed by atoms with E-state index in [4.69, 9.17) is 9.05 Å². The summed E-state index contributed by atoms with van der Waals surface area (Å²) in [6.45, 7) is 4.66. The number of carbonyl (C=O) groups excluding carboxylic acids is 1. The number of hydrogen-bond acceptors (Lipinski definition) is 6. The van der Waals surface area contributed by atoms with Gasteiger partial charge in [-0.3, -0.25) is 9.36 Å². The van der Waals surface area contributed by atoms with Gasteiger partial charge < -0.3 is 28.8 Å². The molecule has 0 aromatic heterocycles. The third-order valence-corrected chi connectivity index (χ3v) is 13.1. The first-order valence-corrected chi connectivity index (χ1v) is 27.3. The van der Waals surface area contributed by atoms with Gasteiger partial charge in [-0.25, -0.2) is 0 Å². The SMILES string of the molecule is CCCCCCCCCCCCCCCCCCCCCCCCCCCCCCCCCCC(O)C(COP(=O)([O-])OCC[N+](C)(C)C)NC(=O)CCCCCCC. The Labute approximate surface area is 368 Å². The summed E-state index contributed by atoms with van der Waals surface area (Å²) in [4.78, 5) is 25.0. The summed E-state index contributed by atoms with van der Waals surface area (Å²) in [6, 6.07) is -0.791. The van der Waals surface area contributed by atoms with E-state index in [1.54, 1.807) is 0 Å². The van der Waals surface area contributed by atoms with Crippen LogP contribution in [0.25, 0.3) is 0 Å². The monoisotopic (exact) mass is 859 g/mol. The van der Waals surface area contributed by atoms with Gasteiger partial charge in [0, 0.05) is 6.42 Å². The Balaban J connectivity index is 3.78. The van der Waals surface area contributed by atoms with Crippen LogP contribution < -0.4 is 10.2 Å². The highest BCUT2D eigenvalue weighted by molar-refractivity contribution is 7.45. The number of phosphoric ester groups is 1. The molecule has 354 valence electrons. The van der Waals surface area contributed by atoms with Crippen LogP contribution in [-0.4, -0.2) is 68.5 Å². The highest BCUT2D eigenvalue weighted by Gasteiger charge is 2.24. The third-order valence-electron chi connectivity index (χ3n) is 12.1. The van der Waals surface area contributed by atoms with Gasteiger partial charge in [-0.2, -0.15) is 0 Å². The van der Waals surface area contributed by atoms with E-state index in [1.165, 1.54) is 186 Å². The first-order valence-electron chi connectivity index (χ1n) is 25.9. The molecule has 0 fully saturated rings. The van der Waals surface area contributed by atoms with Crippen LogP contribution in [0.1, 0.15) is 264 Å². The lowest BCUT2D eigenvalue weighted by Crippen LogP contribution is -2.46. The van der Waals surface area contributed by atoms with E-state index in [2.05, 4.69) is 19.2 Å². The first-order chi connectivity index (χ1) is 28.5. The number of unbranched alkanes of at least 4 members (excludes halogenated alkanes) is 35. The maximum Gasteiger partial charge on any atom is 0.268 e. The molecule has 8 nitrogen and oxygen atoms in total. The van der Waals surface area contributed by atoms with Gasteiger partial charge >= 0.3 is 0 Å². The quantitative estimate of drug-likeness (QED) is 0.0358. The minimum absolute atomic E-state index is 0.0152. The zero-order chi connectivity index (χ0) is 43.6. The largest absolute Gasteiger partial charge is 0.756 e. The van der Waals surface area contributed by atoms with Crippen molar-refractivity contribution in [3.63, 3.8) is 0 Å². The topological polar surface area (TPSA) is 108 Å². The molecule has 0 aliphatic carbocycles. The Morgan fingerprint density at radius 1 is 0.525 bits per heavy atom. The number of quaternary nitrogens is 1. The van der Waals surface area contributed by atoms with Crippen molar-refractivity contribution in [3.8, 4) is 0 Å². The molecule has 0 aliphatic rings. The number of carbonyl (C=O) groups is 1. The Hall–Kier alpha value is -0.500. The van der Waals surface area contributed by atoms with Gasteiger partial charge in [0.2, 0.25) is 5.91 Å². The molecule has 3 atom stereocenters. The fraction of sp³-hybridized carbons (Fsp3) is 0.980. The van der Waals surface area contributed by atoms with Crippen molar-refractivity contribution in [1.29, 1.82) is 0 Å². The van der Waals surface area contributed by atoms with E-state index in [0.29, 0.717) is 23.9 Å². The van der Waals surface area contributed by atoms with Gasteiger partial charge in [-0.1, -0.05) is 245 Å². The lowest BCUT2D eigenvalue weighted by molar-refractivity contribution is -0.870. The molecule has 1 amide bonds. The summed E-state index contributed by atoms with van der Waals surface area (Å²) in [5.41, 5.74) is 0. The zero-order valence-electron chi connectivity index (χ0n) is 40.2. The molecule has 0 aliphatic heterocycles. The predicted molar refractivity (Wildman–Crippen MR) is 252 cm³/mol. The van der Waals surface area contributed by atoms with Crippen molar-refractivity contribution in [2.24, 2.45) is 0 Å². The number of nitrogens with zero attached hydrogens (tertiary/aromatic N) is 1. The van der Waals surface area contributed by atoms with E-state index in [-0.39, 0.29) is 19.1 Å². The van der Waals surface area contributed by atoms with E-state index in [0.717, 1.165) is 51.4 Å². The molecule has 0 spiro atoms. The molecular weight excluding hydrogens is 756 g/mol. The van der Waals surface area contributed by atoms with Gasteiger partial charge in [0.15, 0.2) is 0 Å². The van der Waals surface area contributed by atoms with Gasteiger partial charge in [0.05, 0.1) is 39.9 Å². The maximum atomic E-state index is 12.7. The zero-order valence-corrected chi connectivity index (χ0v) is 41.1. The second-order valence-electron chi connectivity index (χ2n) is 19.2. The van der Waals surface area contributed by atoms with Crippen LogP contribution >= 0.6 is 7.82 Å². The summed E-state index contributed by atoms with van der Waals surface area (Å²) in [6.07, 6.45) is 49.1. The highest BCUT2D eigenvalue weighted by Crippen LogP contribution is 2.38. The van der Waals surface area contributed by atoms with E-state index >= 15 is 0 Å². The van der Waals surface area contributed by atoms with Crippen LogP contribution in [0, 0.1) is 0 Å². The molecule has 0 radical (unpaired) electrons. The van der Waals surface area contributed by atoms with Crippen molar-refractivity contribution >= 4 is 13.7 Å². The van der Waals surface area contributed by atoms with Crippen LogP contribution in [0.3, 0.4) is 0 Å². The molecule has 0 saturated carbocycles. The average molecular weight is 859 g/mol. The number of amides is 1. The first kappa shape index (κ1) is 58.5. The predicted octanol–water partition coefficient (Wildman–Crippen LogP) is 14.3. The van der Waals surface area contributed by atoms with Gasteiger partial charge in [0.25, 0.3) is 7.82 Å². The number of aliphatic hydroxyl groups is 1. The average Bonchev–Trinajstić information content (AvgIpc) is 3.19. The molecule has 0 saturated heterocycles. The van der Waals surface area contributed by atoms with Crippen LogP contribution in [0.5, 0.6) is 0 Å². The molecule has 0 rings (SSSR count). The standard InChI is InChI=1S/C50H103N2O6P/c1-6-8-10-12-13-14-15-16-17-18-19-20-21-22-23-24-25-26-27-28-29-30-31-32-33-34-35-36-37-38-40-41-43-49(53)48(51-50(54)44-42-39-11-9-7-2)47-58-59(55,56)57-46-45-52(3,4)5/h48-49,53H,6-47H2,1-5H3,(H-,51,54,55,56). The smallest absolute Gasteiger partial charge is 0.268 e. The van der Waals surface area contributed by atoms with Gasteiger partial charge in [-0.15, -0.1) is 0 Å². The number of hydrogen-bond donors (Lipinski definition) is 2. The summed E-state index contributed by atoms with van der Waals surface area (Å²) < 4.78 is 23.1. The lowest BCUT2D eigenvalue weighted by atomic mass is 10.0. The second kappa shape index (κ2) is 42.8. The Kier molecular flexibility index (Phi) is 42.4. The lowest BCUT2D eigenvalue weighted by Gasteiger charge is -2.30. The molecule has 0 aromatic carbocycles. The molecule has 2 N–H and O–H groups in total. The summed E-state index contributed by atoms with van der Waals surface area (Å²) in [5, 5.41) is 13.8. The van der Waals surface area contributed by atoms with Gasteiger partial charge in [0.1, 0.15) is 13.2 Å². The third kappa shape index (κ3) is 45.3. The number of nitrogens with one attached hydrogen (secondary N) is 1. The van der Waals surface area contributed by atoms with E-state index in [9.17, 15) is 19.4 Å². The van der Waals surface area contributed by atoms with Crippen LogP contribution in [-0.2, 0) is 18.4 Å². The van der Waals surface area contributed by atoms with Crippen molar-refractivity contribution in [2.45, 2.75) is 276 Å². The number of rotatable bonds is 48. The molecule has 59 heavy (non-hydrogen) atoms. The van der Waals surface area contributed by atoms with Crippen molar-refractivity contribution < 1.29 is 32.9 Å². The summed E-state index contributed by atoms with van der Waals surface area (Å²) >= 11 is 0. The second-order valence-corrected chi connectivity index (χ2v) is 20.7. The fourth-order valence-corrected chi connectivity index (χ4v) is 8.71.